The molecule has 6 heteroatoms. The van der Waals surface area contributed by atoms with Gasteiger partial charge in [-0.15, -0.1) is 0 Å². The van der Waals surface area contributed by atoms with Crippen molar-refractivity contribution in [1.82, 2.24) is 0 Å². The van der Waals surface area contributed by atoms with Crippen molar-refractivity contribution in [2.75, 3.05) is 11.9 Å². The zero-order valence-corrected chi connectivity index (χ0v) is 17.6. The molecule has 0 atom stereocenters. The number of halogens is 1. The number of hydrogen-bond donors (Lipinski definition) is 1. The van der Waals surface area contributed by atoms with Crippen LogP contribution in [0.15, 0.2) is 77.2 Å². The van der Waals surface area contributed by atoms with E-state index in [9.17, 15) is 9.59 Å². The number of ether oxygens (including phenoxy) is 1. The number of carbonyl (C=O) groups is 2. The van der Waals surface area contributed by atoms with Crippen LogP contribution in [0.5, 0.6) is 5.75 Å². The molecular weight excluding hydrogens is 414 g/mol. The summed E-state index contributed by atoms with van der Waals surface area (Å²) in [5.41, 5.74) is 1.71. The third-order valence-corrected chi connectivity index (χ3v) is 4.99. The zero-order chi connectivity index (χ0) is 21.8. The predicted octanol–water partition coefficient (Wildman–Crippen LogP) is 6.36. The number of fused-ring (bicyclic) bond motifs is 1. The number of para-hydroxylation sites is 1. The number of furan rings is 1. The molecule has 0 aliphatic heterocycles. The Balaban J connectivity index is 1.66. The summed E-state index contributed by atoms with van der Waals surface area (Å²) in [6, 6.07) is 20.6. The first-order valence-corrected chi connectivity index (χ1v) is 10.3. The molecule has 1 amide bonds. The SMILES string of the molecule is CCCOc1ccc(C(=O)Nc2c(C(=O)c3ccc(Cl)cc3)oc3ccccc23)cc1. The number of hydrogen-bond acceptors (Lipinski definition) is 4. The molecule has 4 aromatic rings. The Morgan fingerprint density at radius 3 is 2.32 bits per heavy atom. The second kappa shape index (κ2) is 9.06. The summed E-state index contributed by atoms with van der Waals surface area (Å²) in [5.74, 6) is 0.0794. The second-order valence-electron chi connectivity index (χ2n) is 6.97. The van der Waals surface area contributed by atoms with Gasteiger partial charge < -0.3 is 14.5 Å². The van der Waals surface area contributed by atoms with Crippen molar-refractivity contribution in [3.05, 3.63) is 94.7 Å². The van der Waals surface area contributed by atoms with E-state index in [0.717, 1.165) is 6.42 Å². The number of nitrogens with one attached hydrogen (secondary N) is 1. The van der Waals surface area contributed by atoms with Crippen molar-refractivity contribution in [2.45, 2.75) is 13.3 Å². The first-order chi connectivity index (χ1) is 15.1. The van der Waals surface area contributed by atoms with Crippen molar-refractivity contribution in [3.8, 4) is 5.75 Å². The van der Waals surface area contributed by atoms with Gasteiger partial charge in [-0.3, -0.25) is 9.59 Å². The molecule has 0 aliphatic rings. The topological polar surface area (TPSA) is 68.5 Å². The van der Waals surface area contributed by atoms with Crippen molar-refractivity contribution in [1.29, 1.82) is 0 Å². The van der Waals surface area contributed by atoms with Crippen molar-refractivity contribution < 1.29 is 18.7 Å². The largest absolute Gasteiger partial charge is 0.494 e. The van der Waals surface area contributed by atoms with Gasteiger partial charge in [-0.1, -0.05) is 30.7 Å². The van der Waals surface area contributed by atoms with Crippen LogP contribution in [0.1, 0.15) is 39.8 Å². The van der Waals surface area contributed by atoms with Crippen LogP contribution < -0.4 is 10.1 Å². The molecule has 31 heavy (non-hydrogen) atoms. The second-order valence-corrected chi connectivity index (χ2v) is 7.40. The Hall–Kier alpha value is -3.57. The Bertz CT molecular complexity index is 1230. The van der Waals surface area contributed by atoms with E-state index in [-0.39, 0.29) is 17.5 Å². The molecular formula is C25H20ClNO4. The molecule has 0 radical (unpaired) electrons. The quantitative estimate of drug-likeness (QED) is 0.344. The van der Waals surface area contributed by atoms with Gasteiger partial charge in [-0.25, -0.2) is 0 Å². The summed E-state index contributed by atoms with van der Waals surface area (Å²) in [6.07, 6.45) is 0.903. The van der Waals surface area contributed by atoms with Crippen LogP contribution in [0.2, 0.25) is 5.02 Å². The van der Waals surface area contributed by atoms with Gasteiger partial charge in [0.1, 0.15) is 11.3 Å². The maximum atomic E-state index is 13.1. The average molecular weight is 434 g/mol. The number of amides is 1. The Morgan fingerprint density at radius 1 is 0.935 bits per heavy atom. The number of carbonyl (C=O) groups excluding carboxylic acids is 2. The third-order valence-electron chi connectivity index (χ3n) is 4.74. The average Bonchev–Trinajstić information content (AvgIpc) is 3.16. The van der Waals surface area contributed by atoms with E-state index >= 15 is 0 Å². The van der Waals surface area contributed by atoms with Crippen LogP contribution in [0.3, 0.4) is 0 Å². The van der Waals surface area contributed by atoms with Crippen molar-refractivity contribution >= 4 is 39.9 Å². The van der Waals surface area contributed by atoms with Gasteiger partial charge in [0.05, 0.1) is 12.3 Å². The molecule has 3 aromatic carbocycles. The normalized spacial score (nSPS) is 10.8. The van der Waals surface area contributed by atoms with Gasteiger partial charge in [-0.2, -0.15) is 0 Å². The van der Waals surface area contributed by atoms with Gasteiger partial charge in [-0.05, 0) is 67.1 Å². The summed E-state index contributed by atoms with van der Waals surface area (Å²) in [6.45, 7) is 2.64. The first kappa shape index (κ1) is 20.7. The molecule has 0 fully saturated rings. The van der Waals surface area contributed by atoms with Gasteiger partial charge in [0.2, 0.25) is 5.78 Å². The lowest BCUT2D eigenvalue weighted by molar-refractivity contribution is 0.101. The Labute approximate surface area is 184 Å². The number of ketones is 1. The molecule has 1 N–H and O–H groups in total. The molecule has 0 aliphatic carbocycles. The zero-order valence-electron chi connectivity index (χ0n) is 16.9. The van der Waals surface area contributed by atoms with Crippen LogP contribution in [0.25, 0.3) is 11.0 Å². The van der Waals surface area contributed by atoms with E-state index in [1.54, 1.807) is 60.7 Å². The maximum absolute atomic E-state index is 13.1. The van der Waals surface area contributed by atoms with E-state index in [2.05, 4.69) is 5.32 Å². The van der Waals surface area contributed by atoms with Gasteiger partial charge in [0.25, 0.3) is 5.91 Å². The number of benzene rings is 3. The smallest absolute Gasteiger partial charge is 0.255 e. The fourth-order valence-corrected chi connectivity index (χ4v) is 3.30. The Kier molecular flexibility index (Phi) is 6.05. The van der Waals surface area contributed by atoms with Crippen molar-refractivity contribution in [2.24, 2.45) is 0 Å². The molecule has 1 aromatic heterocycles. The monoisotopic (exact) mass is 433 g/mol. The van der Waals surface area contributed by atoms with Crippen LogP contribution in [0, 0.1) is 0 Å². The van der Waals surface area contributed by atoms with Crippen molar-refractivity contribution in [3.63, 3.8) is 0 Å². The molecule has 0 bridgehead atoms. The van der Waals surface area contributed by atoms with E-state index < -0.39 is 0 Å². The highest BCUT2D eigenvalue weighted by Gasteiger charge is 2.23. The van der Waals surface area contributed by atoms with Crippen LogP contribution in [-0.2, 0) is 0 Å². The van der Waals surface area contributed by atoms with Crippen LogP contribution in [-0.4, -0.2) is 18.3 Å². The summed E-state index contributed by atoms with van der Waals surface area (Å²) in [7, 11) is 0. The van der Waals surface area contributed by atoms with Gasteiger partial charge >= 0.3 is 0 Å². The highest BCUT2D eigenvalue weighted by Crippen LogP contribution is 2.33. The van der Waals surface area contributed by atoms with E-state index in [1.807, 2.05) is 19.1 Å². The summed E-state index contributed by atoms with van der Waals surface area (Å²) in [5, 5.41) is 4.03. The lowest BCUT2D eigenvalue weighted by atomic mass is 10.1. The van der Waals surface area contributed by atoms with E-state index in [1.165, 1.54) is 0 Å². The van der Waals surface area contributed by atoms with E-state index in [4.69, 9.17) is 20.8 Å². The minimum atomic E-state index is -0.348. The van der Waals surface area contributed by atoms with Crippen LogP contribution in [0.4, 0.5) is 5.69 Å². The molecule has 156 valence electrons. The molecule has 1 heterocycles. The standard InChI is InChI=1S/C25H20ClNO4/c1-2-15-30-19-13-9-17(10-14-19)25(29)27-22-20-5-3-4-6-21(20)31-24(22)23(28)16-7-11-18(26)12-8-16/h3-14H,2,15H2,1H3,(H,27,29). The number of anilines is 1. The van der Waals surface area contributed by atoms with Gasteiger partial charge in [0, 0.05) is 21.5 Å². The van der Waals surface area contributed by atoms with Gasteiger partial charge in [0.15, 0.2) is 5.76 Å². The summed E-state index contributed by atoms with van der Waals surface area (Å²) < 4.78 is 11.4. The lowest BCUT2D eigenvalue weighted by Gasteiger charge is -2.08. The van der Waals surface area contributed by atoms with Crippen LogP contribution >= 0.6 is 11.6 Å². The Morgan fingerprint density at radius 2 is 1.61 bits per heavy atom. The van der Waals surface area contributed by atoms with E-state index in [0.29, 0.717) is 45.2 Å². The molecule has 0 saturated heterocycles. The predicted molar refractivity (Wildman–Crippen MR) is 121 cm³/mol. The summed E-state index contributed by atoms with van der Waals surface area (Å²) in [4.78, 5) is 26.0. The first-order valence-electron chi connectivity index (χ1n) is 9.93. The fraction of sp³-hybridized carbons (Fsp3) is 0.120. The highest BCUT2D eigenvalue weighted by molar-refractivity contribution is 6.30. The fourth-order valence-electron chi connectivity index (χ4n) is 3.17. The lowest BCUT2D eigenvalue weighted by Crippen LogP contribution is -2.14. The maximum Gasteiger partial charge on any atom is 0.255 e. The molecule has 0 spiro atoms. The molecule has 0 unspecified atom stereocenters. The third kappa shape index (κ3) is 4.47. The molecule has 5 nitrogen and oxygen atoms in total. The molecule has 0 saturated carbocycles. The number of rotatable bonds is 7. The molecule has 4 rings (SSSR count). The minimum absolute atomic E-state index is 0.0692. The highest BCUT2D eigenvalue weighted by atomic mass is 35.5. The summed E-state index contributed by atoms with van der Waals surface area (Å²) >= 11 is 5.93. The minimum Gasteiger partial charge on any atom is -0.494 e.